The predicted octanol–water partition coefficient (Wildman–Crippen LogP) is 19.4. The average molecular weight is 1320 g/mol. The summed E-state index contributed by atoms with van der Waals surface area (Å²) in [7, 11) is -9.79. The van der Waals surface area contributed by atoms with Crippen LogP contribution in [0.1, 0.15) is 265 Å². The summed E-state index contributed by atoms with van der Waals surface area (Å²) >= 11 is 0. The lowest BCUT2D eigenvalue weighted by Crippen LogP contribution is -2.30. The first kappa shape index (κ1) is 87.0. The number of aliphatic hydroxyl groups excluding tert-OH is 2. The van der Waals surface area contributed by atoms with Gasteiger partial charge in [-0.1, -0.05) is 239 Å². The summed E-state index contributed by atoms with van der Waals surface area (Å²) in [6.07, 6.45) is 75.4. The molecule has 16 nitrogen and oxygen atoms in total. The van der Waals surface area contributed by atoms with E-state index in [9.17, 15) is 43.5 Å². The fraction of sp³-hybridized carbons (Fsp3) is 0.685. The second kappa shape index (κ2) is 66.0. The van der Waals surface area contributed by atoms with Gasteiger partial charge in [0.15, 0.2) is 6.10 Å². The van der Waals surface area contributed by atoms with Gasteiger partial charge in [-0.3, -0.25) is 32.5 Å². The minimum absolute atomic E-state index is 0.0796. The Bertz CT molecular complexity index is 2140. The zero-order valence-electron chi connectivity index (χ0n) is 56.5. The summed E-state index contributed by atoms with van der Waals surface area (Å²) < 4.78 is 60.8. The van der Waals surface area contributed by atoms with Crippen LogP contribution in [-0.4, -0.2) is 95.9 Å². The maximum Gasteiger partial charge on any atom is 0.472 e. The van der Waals surface area contributed by atoms with Crippen molar-refractivity contribution >= 4 is 33.6 Å². The molecule has 0 amide bonds. The van der Waals surface area contributed by atoms with Crippen LogP contribution < -0.4 is 0 Å². The van der Waals surface area contributed by atoms with Gasteiger partial charge in [0.2, 0.25) is 0 Å². The number of phosphoric acid groups is 2. The number of hydrogen-bond acceptors (Lipinski definition) is 14. The Labute approximate surface area is 551 Å². The highest BCUT2D eigenvalue weighted by molar-refractivity contribution is 7.47. The maximum atomic E-state index is 12.9. The van der Waals surface area contributed by atoms with E-state index in [4.69, 9.17) is 32.3 Å². The van der Waals surface area contributed by atoms with Gasteiger partial charge in [-0.2, -0.15) is 0 Å². The monoisotopic (exact) mass is 1320 g/mol. The minimum atomic E-state index is -4.93. The fourth-order valence-corrected chi connectivity index (χ4v) is 10.4. The second-order valence-corrected chi connectivity index (χ2v) is 25.8. The number of esters is 3. The van der Waals surface area contributed by atoms with Crippen molar-refractivity contribution < 1.29 is 75.8 Å². The van der Waals surface area contributed by atoms with Gasteiger partial charge in [0, 0.05) is 19.3 Å². The highest BCUT2D eigenvalue weighted by Gasteiger charge is 2.29. The summed E-state index contributed by atoms with van der Waals surface area (Å²) in [4.78, 5) is 58.3. The lowest BCUT2D eigenvalue weighted by atomic mass is 10.1. The zero-order valence-corrected chi connectivity index (χ0v) is 58.3. The molecule has 522 valence electrons. The molecule has 0 aromatic heterocycles. The van der Waals surface area contributed by atoms with E-state index in [1.54, 1.807) is 0 Å². The van der Waals surface area contributed by atoms with E-state index in [0.29, 0.717) is 19.3 Å². The number of carbonyl (C=O) groups is 3. The predicted molar refractivity (Wildman–Crippen MR) is 371 cm³/mol. The van der Waals surface area contributed by atoms with Crippen molar-refractivity contribution in [1.82, 2.24) is 0 Å². The van der Waals surface area contributed by atoms with Crippen molar-refractivity contribution in [2.24, 2.45) is 0 Å². The van der Waals surface area contributed by atoms with E-state index < -0.39 is 91.5 Å². The fourth-order valence-electron chi connectivity index (χ4n) is 8.82. The van der Waals surface area contributed by atoms with E-state index in [2.05, 4.69) is 142 Å². The zero-order chi connectivity index (χ0) is 66.7. The van der Waals surface area contributed by atoms with Crippen LogP contribution in [0.3, 0.4) is 0 Å². The third-order valence-corrected chi connectivity index (χ3v) is 16.0. The number of allylic oxidation sites excluding steroid dienone is 20. The molecule has 0 saturated heterocycles. The molecule has 0 fully saturated rings. The molecule has 0 heterocycles. The molecular formula is C73H124O16P2. The molecule has 0 aliphatic heterocycles. The molecular weight excluding hydrogens is 1190 g/mol. The van der Waals surface area contributed by atoms with Gasteiger partial charge in [0.1, 0.15) is 25.4 Å². The number of carbonyl (C=O) groups excluding carboxylic acids is 3. The van der Waals surface area contributed by atoms with Gasteiger partial charge >= 0.3 is 33.6 Å². The first-order valence-electron chi connectivity index (χ1n) is 34.8. The Morgan fingerprint density at radius 2 is 0.604 bits per heavy atom. The Morgan fingerprint density at radius 1 is 0.319 bits per heavy atom. The van der Waals surface area contributed by atoms with Crippen LogP contribution in [0.5, 0.6) is 0 Å². The molecule has 0 radical (unpaired) electrons. The molecule has 0 aliphatic carbocycles. The summed E-state index contributed by atoms with van der Waals surface area (Å²) in [5.74, 6) is -1.63. The van der Waals surface area contributed by atoms with E-state index in [1.165, 1.54) is 51.4 Å². The third kappa shape index (κ3) is 67.2. The van der Waals surface area contributed by atoms with Gasteiger partial charge in [-0.05, 0) is 128 Å². The molecule has 0 bridgehead atoms. The molecule has 18 heteroatoms. The van der Waals surface area contributed by atoms with Crippen LogP contribution in [0.25, 0.3) is 0 Å². The minimum Gasteiger partial charge on any atom is -0.463 e. The van der Waals surface area contributed by atoms with Crippen molar-refractivity contribution in [1.29, 1.82) is 0 Å². The standard InChI is InChI=1S/C73H124O16P2/c1-4-7-10-13-16-19-22-25-27-29-30-31-32-33-34-35-36-38-40-42-44-47-50-53-56-59-71(76)83-62-68(74)63-85-90(79,80)86-64-69(75)65-87-91(81,82)88-67-70(89-73(78)61-58-55-52-49-46-41-24-21-18-15-12-9-6-3)66-84-72(77)60-57-54-51-48-45-43-39-37-28-26-23-20-17-14-11-8-5-2/h8,11-12,15-17,19-21,24-28,30-31,33-34,39,43,68-70,74-75H,4-7,9-10,13-14,18,22-23,29,32,35-38,40-42,44-67H2,1-3H3,(H,79,80)(H,81,82)/b11-8-,15-12-,19-16-,20-17-,24-21-,27-25-,28-26-,31-30-,34-33-,43-39-. The Kier molecular flexibility index (Phi) is 63.1. The van der Waals surface area contributed by atoms with Crippen molar-refractivity contribution in [3.63, 3.8) is 0 Å². The maximum absolute atomic E-state index is 12.9. The molecule has 0 saturated carbocycles. The number of rotatable bonds is 65. The molecule has 4 N–H and O–H groups in total. The van der Waals surface area contributed by atoms with Crippen molar-refractivity contribution in [2.75, 3.05) is 39.6 Å². The van der Waals surface area contributed by atoms with Gasteiger partial charge in [0.05, 0.1) is 26.4 Å². The SMILES string of the molecule is CC/C=C\C/C=C\C/C=C\C/C=C\CCCCCCC(=O)OCC(COP(=O)(O)OCC(O)COP(=O)(O)OCC(O)COC(=O)CCCCCCCCCCC/C=C\C/C=C\C/C=C\C/C=C\CCCCC)OC(=O)CCCCCCC/C=C\C/C=C\CCC. The Hall–Kier alpha value is -4.05. The van der Waals surface area contributed by atoms with Crippen LogP contribution in [0, 0.1) is 0 Å². The summed E-state index contributed by atoms with van der Waals surface area (Å²) in [5, 5.41) is 20.6. The second-order valence-electron chi connectivity index (χ2n) is 22.9. The average Bonchev–Trinajstić information content (AvgIpc) is 3.75. The molecule has 0 aromatic rings. The van der Waals surface area contributed by atoms with E-state index in [1.807, 2.05) is 0 Å². The van der Waals surface area contributed by atoms with E-state index in [-0.39, 0.29) is 19.3 Å². The number of unbranched alkanes of at least 4 members (excludes halogenated alkanes) is 22. The van der Waals surface area contributed by atoms with Crippen LogP contribution in [0.4, 0.5) is 0 Å². The lowest BCUT2D eigenvalue weighted by Gasteiger charge is -2.21. The first-order chi connectivity index (χ1) is 44.2. The molecule has 5 unspecified atom stereocenters. The van der Waals surface area contributed by atoms with Crippen LogP contribution in [-0.2, 0) is 55.8 Å². The topological polar surface area (TPSA) is 231 Å². The third-order valence-electron chi connectivity index (χ3n) is 14.1. The van der Waals surface area contributed by atoms with Crippen LogP contribution in [0.15, 0.2) is 122 Å². The first-order valence-corrected chi connectivity index (χ1v) is 37.8. The quantitative estimate of drug-likeness (QED) is 0.0146. The van der Waals surface area contributed by atoms with Gasteiger partial charge in [-0.15, -0.1) is 0 Å². The number of ether oxygens (including phenoxy) is 3. The molecule has 0 aromatic carbocycles. The number of hydrogen-bond donors (Lipinski definition) is 4. The highest BCUT2D eigenvalue weighted by atomic mass is 31.2. The molecule has 0 spiro atoms. The Morgan fingerprint density at radius 3 is 0.967 bits per heavy atom. The largest absolute Gasteiger partial charge is 0.472 e. The molecule has 0 aliphatic rings. The summed E-state index contributed by atoms with van der Waals surface area (Å²) in [6.45, 7) is 2.40. The lowest BCUT2D eigenvalue weighted by molar-refractivity contribution is -0.161. The van der Waals surface area contributed by atoms with Crippen LogP contribution in [0.2, 0.25) is 0 Å². The summed E-state index contributed by atoms with van der Waals surface area (Å²) in [5.41, 5.74) is 0. The molecule has 5 atom stereocenters. The van der Waals surface area contributed by atoms with Crippen LogP contribution >= 0.6 is 15.6 Å². The van der Waals surface area contributed by atoms with Gasteiger partial charge in [-0.25, -0.2) is 9.13 Å². The van der Waals surface area contributed by atoms with Crippen molar-refractivity contribution in [3.05, 3.63) is 122 Å². The molecule has 91 heavy (non-hydrogen) atoms. The molecule has 0 rings (SSSR count). The number of phosphoric ester groups is 2. The smallest absolute Gasteiger partial charge is 0.463 e. The van der Waals surface area contributed by atoms with Gasteiger partial charge in [0.25, 0.3) is 0 Å². The summed E-state index contributed by atoms with van der Waals surface area (Å²) in [6, 6.07) is 0. The number of aliphatic hydroxyl groups is 2. The van der Waals surface area contributed by atoms with Gasteiger partial charge < -0.3 is 34.2 Å². The normalized spacial score (nSPS) is 14.9. The van der Waals surface area contributed by atoms with E-state index >= 15 is 0 Å². The van der Waals surface area contributed by atoms with E-state index in [0.717, 1.165) is 154 Å². The van der Waals surface area contributed by atoms with Crippen molar-refractivity contribution in [3.8, 4) is 0 Å². The van der Waals surface area contributed by atoms with Crippen molar-refractivity contribution in [2.45, 2.75) is 283 Å². The highest BCUT2D eigenvalue weighted by Crippen LogP contribution is 2.45. The Balaban J connectivity index is 4.58.